The molecule has 1 aliphatic heterocycles. The summed E-state index contributed by atoms with van der Waals surface area (Å²) in [6, 6.07) is 4.96. The minimum atomic E-state index is -0.192. The molecule has 1 aromatic rings. The number of carbonyl (C=O) groups is 1. The molecule has 0 radical (unpaired) electrons. The molecule has 94 valence electrons. The van der Waals surface area contributed by atoms with E-state index in [4.69, 9.17) is 10.5 Å². The van der Waals surface area contributed by atoms with Gasteiger partial charge in [0.2, 0.25) is 0 Å². The van der Waals surface area contributed by atoms with E-state index in [1.807, 2.05) is 6.92 Å². The van der Waals surface area contributed by atoms with Gasteiger partial charge < -0.3 is 9.84 Å². The van der Waals surface area contributed by atoms with Gasteiger partial charge in [-0.15, -0.1) is 0 Å². The van der Waals surface area contributed by atoms with Gasteiger partial charge in [0.1, 0.15) is 4.91 Å². The third-order valence-corrected chi connectivity index (χ3v) is 3.13. The number of ether oxygens (including phenoxy) is 1. The normalized spacial score (nSPS) is 17.1. The van der Waals surface area contributed by atoms with Crippen LogP contribution in [-0.2, 0) is 0 Å². The number of rotatable bonds is 3. The maximum atomic E-state index is 11.1. The Hall–Kier alpha value is -1.95. The van der Waals surface area contributed by atoms with Crippen molar-refractivity contribution in [1.82, 2.24) is 0 Å². The van der Waals surface area contributed by atoms with Crippen LogP contribution in [0.1, 0.15) is 12.5 Å². The van der Waals surface area contributed by atoms with Crippen molar-refractivity contribution in [3.63, 3.8) is 0 Å². The first-order valence-electron chi connectivity index (χ1n) is 5.39. The number of hydrogen-bond acceptors (Lipinski definition) is 5. The second-order valence-electron chi connectivity index (χ2n) is 3.60. The third-order valence-electron chi connectivity index (χ3n) is 2.29. The number of phenols is 1. The number of amides is 1. The van der Waals surface area contributed by atoms with Crippen molar-refractivity contribution < 1.29 is 19.6 Å². The molecule has 18 heavy (non-hydrogen) atoms. The second-order valence-corrected chi connectivity index (χ2v) is 4.61. The van der Waals surface area contributed by atoms with E-state index in [-0.39, 0.29) is 11.0 Å². The molecule has 0 bridgehead atoms. The molecular formula is C12H13N2O3S+. The van der Waals surface area contributed by atoms with E-state index in [2.05, 4.69) is 4.99 Å². The van der Waals surface area contributed by atoms with Crippen LogP contribution in [0.15, 0.2) is 23.1 Å². The lowest BCUT2D eigenvalue weighted by Gasteiger charge is -2.06. The number of amidine groups is 1. The highest BCUT2D eigenvalue weighted by Crippen LogP contribution is 2.29. The maximum absolute atomic E-state index is 11.1. The molecule has 0 aliphatic carbocycles. The molecule has 1 aliphatic rings. The van der Waals surface area contributed by atoms with Gasteiger partial charge in [-0.2, -0.15) is 4.99 Å². The summed E-state index contributed by atoms with van der Waals surface area (Å²) >= 11 is 1.04. The standard InChI is InChI=1S/C12H12N2O3S/c1-2-17-9-5-7(3-4-8(9)15)6-10-11(13)14-12(16)18-10/h3-6,15H,2H2,1H3,(H2,13,14,16)/p+1/b10-6-. The predicted molar refractivity (Wildman–Crippen MR) is 70.4 cm³/mol. The van der Waals surface area contributed by atoms with Crippen LogP contribution in [0.3, 0.4) is 0 Å². The summed E-state index contributed by atoms with van der Waals surface area (Å²) in [5.74, 6) is 0.841. The fourth-order valence-corrected chi connectivity index (χ4v) is 2.22. The molecule has 2 rings (SSSR count). The minimum Gasteiger partial charge on any atom is -0.504 e. The molecule has 0 aromatic heterocycles. The van der Waals surface area contributed by atoms with Crippen LogP contribution >= 0.6 is 11.8 Å². The number of benzene rings is 1. The smallest absolute Gasteiger partial charge is 0.372 e. The van der Waals surface area contributed by atoms with Crippen molar-refractivity contribution in [2.75, 3.05) is 6.61 Å². The number of carbonyl (C=O) groups excluding carboxylic acids is 1. The van der Waals surface area contributed by atoms with Gasteiger partial charge in [0, 0.05) is 11.8 Å². The van der Waals surface area contributed by atoms with E-state index in [9.17, 15) is 9.90 Å². The predicted octanol–water partition coefficient (Wildman–Crippen LogP) is 0.436. The van der Waals surface area contributed by atoms with Gasteiger partial charge in [0.15, 0.2) is 11.5 Å². The monoisotopic (exact) mass is 265 g/mol. The van der Waals surface area contributed by atoms with Crippen molar-refractivity contribution in [1.29, 1.82) is 0 Å². The zero-order valence-corrected chi connectivity index (χ0v) is 10.6. The zero-order valence-electron chi connectivity index (χ0n) is 9.77. The number of nitrogens with one attached hydrogen (secondary N) is 1. The van der Waals surface area contributed by atoms with Gasteiger partial charge >= 0.3 is 5.24 Å². The molecule has 0 fully saturated rings. The molecule has 0 unspecified atom stereocenters. The highest BCUT2D eigenvalue weighted by molar-refractivity contribution is 8.17. The third kappa shape index (κ3) is 2.65. The summed E-state index contributed by atoms with van der Waals surface area (Å²) in [4.78, 5) is 14.3. The number of aromatic hydroxyl groups is 1. The first-order chi connectivity index (χ1) is 8.60. The van der Waals surface area contributed by atoms with Crippen LogP contribution in [0.25, 0.3) is 6.08 Å². The molecule has 0 saturated carbocycles. The maximum Gasteiger partial charge on any atom is 0.372 e. The Morgan fingerprint density at radius 2 is 2.33 bits per heavy atom. The van der Waals surface area contributed by atoms with E-state index in [0.717, 1.165) is 17.3 Å². The summed E-state index contributed by atoms with van der Waals surface area (Å²) in [7, 11) is 0. The fourth-order valence-electron chi connectivity index (χ4n) is 1.50. The second kappa shape index (κ2) is 5.14. The lowest BCUT2D eigenvalue weighted by atomic mass is 10.2. The number of hydrogen-bond donors (Lipinski definition) is 3. The quantitative estimate of drug-likeness (QED) is 0.738. The summed E-state index contributed by atoms with van der Waals surface area (Å²) in [6.45, 7) is 2.31. The van der Waals surface area contributed by atoms with Crippen LogP contribution in [0.5, 0.6) is 11.5 Å². The van der Waals surface area contributed by atoms with Crippen LogP contribution in [0.2, 0.25) is 0 Å². The first-order valence-corrected chi connectivity index (χ1v) is 6.21. The average molecular weight is 265 g/mol. The first kappa shape index (κ1) is 12.5. The Bertz CT molecular complexity index is 552. The summed E-state index contributed by atoms with van der Waals surface area (Å²) in [6.07, 6.45) is 1.76. The number of nitrogens with two attached hydrogens (primary N) is 1. The van der Waals surface area contributed by atoms with Gasteiger partial charge in [-0.3, -0.25) is 5.73 Å². The van der Waals surface area contributed by atoms with Crippen LogP contribution in [-0.4, -0.2) is 22.8 Å². The van der Waals surface area contributed by atoms with Crippen molar-refractivity contribution in [3.05, 3.63) is 28.7 Å². The number of thioether (sulfide) groups is 1. The highest BCUT2D eigenvalue weighted by atomic mass is 32.2. The van der Waals surface area contributed by atoms with Gasteiger partial charge in [-0.25, -0.2) is 4.79 Å². The molecule has 0 saturated heterocycles. The van der Waals surface area contributed by atoms with Crippen molar-refractivity contribution in [2.45, 2.75) is 6.92 Å². The Balaban J connectivity index is 2.30. The Kier molecular flexibility index (Phi) is 3.57. The van der Waals surface area contributed by atoms with E-state index in [1.54, 1.807) is 24.3 Å². The van der Waals surface area contributed by atoms with E-state index < -0.39 is 0 Å². The Labute approximate surface area is 108 Å². The molecule has 1 heterocycles. The summed E-state index contributed by atoms with van der Waals surface area (Å²) in [5.41, 5.74) is 6.46. The van der Waals surface area contributed by atoms with Crippen LogP contribution < -0.4 is 15.5 Å². The minimum absolute atomic E-state index is 0.0872. The molecule has 5 nitrogen and oxygen atoms in total. The van der Waals surface area contributed by atoms with Crippen molar-refractivity contribution in [3.8, 4) is 11.5 Å². The molecule has 1 aromatic carbocycles. The number of phenolic OH excluding ortho intramolecular Hbond substituents is 1. The molecule has 0 spiro atoms. The summed E-state index contributed by atoms with van der Waals surface area (Å²) in [5, 5.41) is 9.38. The molecule has 4 N–H and O–H groups in total. The van der Waals surface area contributed by atoms with E-state index in [0.29, 0.717) is 23.1 Å². The van der Waals surface area contributed by atoms with Gasteiger partial charge in [0.25, 0.3) is 5.84 Å². The van der Waals surface area contributed by atoms with Gasteiger partial charge in [0.05, 0.1) is 6.61 Å². The average Bonchev–Trinajstić information content (AvgIpc) is 2.62. The molecule has 1 amide bonds. The summed E-state index contributed by atoms with van der Waals surface area (Å²) < 4.78 is 5.28. The van der Waals surface area contributed by atoms with Gasteiger partial charge in [-0.05, 0) is 30.7 Å². The van der Waals surface area contributed by atoms with E-state index in [1.165, 1.54) is 0 Å². The Morgan fingerprint density at radius 3 is 2.94 bits per heavy atom. The lowest BCUT2D eigenvalue weighted by molar-refractivity contribution is -0.326. The van der Waals surface area contributed by atoms with Gasteiger partial charge in [-0.1, -0.05) is 6.07 Å². The van der Waals surface area contributed by atoms with Crippen LogP contribution in [0.4, 0.5) is 4.79 Å². The largest absolute Gasteiger partial charge is 0.504 e. The van der Waals surface area contributed by atoms with Crippen molar-refractivity contribution >= 4 is 28.9 Å². The topological polar surface area (TPSA) is 86.5 Å². The molecule has 6 heteroatoms. The fraction of sp³-hybridized carbons (Fsp3) is 0.167. The SMILES string of the molecule is CCOc1cc(/C=C2\SC(=O)[NH+]=C2N)ccc1O. The Morgan fingerprint density at radius 1 is 1.56 bits per heavy atom. The van der Waals surface area contributed by atoms with E-state index >= 15 is 0 Å². The highest BCUT2D eigenvalue weighted by Gasteiger charge is 2.24. The molecular weight excluding hydrogens is 252 g/mol. The lowest BCUT2D eigenvalue weighted by Crippen LogP contribution is -2.74. The van der Waals surface area contributed by atoms with Crippen molar-refractivity contribution in [2.24, 2.45) is 5.73 Å². The molecule has 0 atom stereocenters. The zero-order chi connectivity index (χ0) is 13.1. The van der Waals surface area contributed by atoms with Crippen LogP contribution in [0, 0.1) is 0 Å².